The van der Waals surface area contributed by atoms with Crippen molar-refractivity contribution in [2.75, 3.05) is 0 Å². The highest BCUT2D eigenvalue weighted by Gasteiger charge is 2.09. The zero-order valence-corrected chi connectivity index (χ0v) is 7.89. The number of aromatic nitrogens is 2. The van der Waals surface area contributed by atoms with Crippen LogP contribution in [0.3, 0.4) is 0 Å². The summed E-state index contributed by atoms with van der Waals surface area (Å²) in [4.78, 5) is 11.3. The van der Waals surface area contributed by atoms with E-state index in [9.17, 15) is 4.79 Å². The van der Waals surface area contributed by atoms with Crippen molar-refractivity contribution in [3.05, 3.63) is 11.9 Å². The summed E-state index contributed by atoms with van der Waals surface area (Å²) in [6.45, 7) is 3.97. The van der Waals surface area contributed by atoms with E-state index in [0.29, 0.717) is 5.69 Å². The SMILES string of the molecule is CC[C@@H](C)NC(=O)c1cnsn1. The minimum absolute atomic E-state index is 0.141. The van der Waals surface area contributed by atoms with Gasteiger partial charge in [-0.3, -0.25) is 4.79 Å². The smallest absolute Gasteiger partial charge is 0.272 e. The molecule has 1 aromatic heterocycles. The topological polar surface area (TPSA) is 54.9 Å². The molecule has 0 aliphatic carbocycles. The lowest BCUT2D eigenvalue weighted by Crippen LogP contribution is -2.32. The van der Waals surface area contributed by atoms with Crippen molar-refractivity contribution in [3.8, 4) is 0 Å². The van der Waals surface area contributed by atoms with E-state index in [2.05, 4.69) is 14.1 Å². The Morgan fingerprint density at radius 3 is 3.08 bits per heavy atom. The van der Waals surface area contributed by atoms with E-state index < -0.39 is 0 Å². The Morgan fingerprint density at radius 1 is 1.83 bits per heavy atom. The summed E-state index contributed by atoms with van der Waals surface area (Å²) >= 11 is 1.04. The van der Waals surface area contributed by atoms with Crippen LogP contribution in [0.4, 0.5) is 0 Å². The summed E-state index contributed by atoms with van der Waals surface area (Å²) in [5, 5.41) is 2.80. The maximum Gasteiger partial charge on any atom is 0.272 e. The Kier molecular flexibility index (Phi) is 3.16. The first-order valence-corrected chi connectivity index (χ1v) is 4.55. The van der Waals surface area contributed by atoms with Crippen molar-refractivity contribution in [3.63, 3.8) is 0 Å². The molecule has 0 aliphatic heterocycles. The molecule has 1 atom stereocenters. The lowest BCUT2D eigenvalue weighted by Gasteiger charge is -2.08. The van der Waals surface area contributed by atoms with Crippen molar-refractivity contribution in [1.29, 1.82) is 0 Å². The van der Waals surface area contributed by atoms with Crippen molar-refractivity contribution in [2.24, 2.45) is 0 Å². The number of rotatable bonds is 3. The van der Waals surface area contributed by atoms with Gasteiger partial charge in [-0.25, -0.2) is 0 Å². The summed E-state index contributed by atoms with van der Waals surface area (Å²) < 4.78 is 7.57. The number of hydrogen-bond donors (Lipinski definition) is 1. The summed E-state index contributed by atoms with van der Waals surface area (Å²) in [7, 11) is 0. The van der Waals surface area contributed by atoms with Gasteiger partial charge in [-0.2, -0.15) is 8.75 Å². The lowest BCUT2D eigenvalue weighted by molar-refractivity contribution is 0.0935. The fraction of sp³-hybridized carbons (Fsp3) is 0.571. The van der Waals surface area contributed by atoms with Crippen molar-refractivity contribution in [1.82, 2.24) is 14.1 Å². The second-order valence-electron chi connectivity index (χ2n) is 2.58. The molecule has 1 N–H and O–H groups in total. The highest BCUT2D eigenvalue weighted by molar-refractivity contribution is 6.99. The fourth-order valence-corrected chi connectivity index (χ4v) is 1.08. The highest BCUT2D eigenvalue weighted by atomic mass is 32.1. The zero-order chi connectivity index (χ0) is 8.97. The summed E-state index contributed by atoms with van der Waals surface area (Å²) in [5.74, 6) is -0.141. The first-order valence-electron chi connectivity index (χ1n) is 3.82. The molecule has 0 saturated heterocycles. The monoisotopic (exact) mass is 185 g/mol. The van der Waals surface area contributed by atoms with Crippen LogP contribution >= 0.6 is 11.7 Å². The molecular formula is C7H11N3OS. The van der Waals surface area contributed by atoms with Crippen LogP contribution in [0.1, 0.15) is 30.8 Å². The molecule has 0 aliphatic rings. The van der Waals surface area contributed by atoms with Crippen LogP contribution in [0.5, 0.6) is 0 Å². The third kappa shape index (κ3) is 2.27. The molecule has 1 heterocycles. The van der Waals surface area contributed by atoms with Crippen LogP contribution in [0.2, 0.25) is 0 Å². The van der Waals surface area contributed by atoms with Crippen LogP contribution in [0, 0.1) is 0 Å². The normalized spacial score (nSPS) is 12.5. The molecule has 0 radical (unpaired) electrons. The molecule has 0 spiro atoms. The third-order valence-electron chi connectivity index (χ3n) is 1.58. The molecule has 1 amide bonds. The lowest BCUT2D eigenvalue weighted by atomic mass is 10.2. The Morgan fingerprint density at radius 2 is 2.58 bits per heavy atom. The van der Waals surface area contributed by atoms with Gasteiger partial charge < -0.3 is 5.32 Å². The maximum absolute atomic E-state index is 11.3. The summed E-state index contributed by atoms with van der Waals surface area (Å²) in [6, 6.07) is 0.194. The second kappa shape index (κ2) is 4.15. The van der Waals surface area contributed by atoms with Gasteiger partial charge in [-0.1, -0.05) is 6.92 Å². The first kappa shape index (κ1) is 9.12. The number of nitrogens with zero attached hydrogens (tertiary/aromatic N) is 2. The number of carbonyl (C=O) groups excluding carboxylic acids is 1. The van der Waals surface area contributed by atoms with E-state index in [-0.39, 0.29) is 11.9 Å². The molecule has 1 aromatic rings. The van der Waals surface area contributed by atoms with Crippen LogP contribution < -0.4 is 5.32 Å². The van der Waals surface area contributed by atoms with Crippen molar-refractivity contribution in [2.45, 2.75) is 26.3 Å². The standard InChI is InChI=1S/C7H11N3OS/c1-3-5(2)9-7(11)6-4-8-12-10-6/h4-5H,3H2,1-2H3,(H,9,11)/t5-/m1/s1. The average molecular weight is 185 g/mol. The minimum atomic E-state index is -0.141. The Labute approximate surface area is 75.3 Å². The highest BCUT2D eigenvalue weighted by Crippen LogP contribution is 1.96. The predicted octanol–water partition coefficient (Wildman–Crippen LogP) is 1.07. The van der Waals surface area contributed by atoms with E-state index in [0.717, 1.165) is 18.1 Å². The van der Waals surface area contributed by atoms with Gasteiger partial charge in [0.2, 0.25) is 0 Å². The molecule has 0 saturated carbocycles. The van der Waals surface area contributed by atoms with Crippen LogP contribution in [-0.4, -0.2) is 20.7 Å². The first-order chi connectivity index (χ1) is 5.74. The predicted molar refractivity (Wildman–Crippen MR) is 47.1 cm³/mol. The fourth-order valence-electron chi connectivity index (χ4n) is 0.664. The van der Waals surface area contributed by atoms with Crippen LogP contribution in [0.15, 0.2) is 6.20 Å². The average Bonchev–Trinajstić information content (AvgIpc) is 2.56. The molecule has 4 nitrogen and oxygen atoms in total. The van der Waals surface area contributed by atoms with E-state index in [4.69, 9.17) is 0 Å². The molecule has 0 aromatic carbocycles. The number of carbonyl (C=O) groups is 1. The van der Waals surface area contributed by atoms with E-state index >= 15 is 0 Å². The molecule has 12 heavy (non-hydrogen) atoms. The molecular weight excluding hydrogens is 174 g/mol. The number of amides is 1. The van der Waals surface area contributed by atoms with E-state index in [1.807, 2.05) is 13.8 Å². The minimum Gasteiger partial charge on any atom is -0.348 e. The van der Waals surface area contributed by atoms with Gasteiger partial charge in [0.15, 0.2) is 5.69 Å². The van der Waals surface area contributed by atoms with Gasteiger partial charge in [-0.15, -0.1) is 0 Å². The molecule has 5 heteroatoms. The van der Waals surface area contributed by atoms with Gasteiger partial charge >= 0.3 is 0 Å². The maximum atomic E-state index is 11.3. The Balaban J connectivity index is 2.50. The van der Waals surface area contributed by atoms with Crippen LogP contribution in [-0.2, 0) is 0 Å². The number of nitrogens with one attached hydrogen (secondary N) is 1. The molecule has 66 valence electrons. The zero-order valence-electron chi connectivity index (χ0n) is 7.07. The van der Waals surface area contributed by atoms with E-state index in [1.165, 1.54) is 6.20 Å². The number of hydrogen-bond acceptors (Lipinski definition) is 4. The largest absolute Gasteiger partial charge is 0.348 e. The van der Waals surface area contributed by atoms with Gasteiger partial charge in [0.1, 0.15) is 0 Å². The molecule has 0 unspecified atom stereocenters. The van der Waals surface area contributed by atoms with Gasteiger partial charge in [0.05, 0.1) is 17.9 Å². The van der Waals surface area contributed by atoms with Crippen molar-refractivity contribution >= 4 is 17.6 Å². The summed E-state index contributed by atoms with van der Waals surface area (Å²) in [5.41, 5.74) is 0.403. The van der Waals surface area contributed by atoms with Crippen LogP contribution in [0.25, 0.3) is 0 Å². The Hall–Kier alpha value is -0.970. The molecule has 0 bridgehead atoms. The second-order valence-corrected chi connectivity index (χ2v) is 3.13. The van der Waals surface area contributed by atoms with Crippen molar-refractivity contribution < 1.29 is 4.79 Å². The van der Waals surface area contributed by atoms with Gasteiger partial charge in [0, 0.05) is 6.04 Å². The molecule has 0 fully saturated rings. The van der Waals surface area contributed by atoms with E-state index in [1.54, 1.807) is 0 Å². The summed E-state index contributed by atoms with van der Waals surface area (Å²) in [6.07, 6.45) is 2.39. The molecule has 1 rings (SSSR count). The quantitative estimate of drug-likeness (QED) is 0.766. The van der Waals surface area contributed by atoms with Gasteiger partial charge in [-0.05, 0) is 13.3 Å². The van der Waals surface area contributed by atoms with Gasteiger partial charge in [0.25, 0.3) is 5.91 Å². The Bertz CT molecular complexity index is 247. The third-order valence-corrected chi connectivity index (χ3v) is 2.06.